The summed E-state index contributed by atoms with van der Waals surface area (Å²) in [6.45, 7) is 4.73. The first-order valence-corrected chi connectivity index (χ1v) is 9.56. The number of aromatic nitrogens is 2. The Morgan fingerprint density at radius 1 is 1.04 bits per heavy atom. The van der Waals surface area contributed by atoms with Gasteiger partial charge in [0.05, 0.1) is 37.4 Å². The van der Waals surface area contributed by atoms with Crippen LogP contribution in [0.5, 0.6) is 0 Å². The molecule has 2 aromatic rings. The van der Waals surface area contributed by atoms with Gasteiger partial charge in [-0.1, -0.05) is 0 Å². The second-order valence-electron chi connectivity index (χ2n) is 6.94. The minimum Gasteiger partial charge on any atom is -0.390 e. The van der Waals surface area contributed by atoms with Crippen molar-refractivity contribution in [3.63, 3.8) is 0 Å². The number of rotatable bonds is 5. The maximum Gasteiger partial charge on any atom is 0.128 e. The van der Waals surface area contributed by atoms with Crippen LogP contribution in [0.2, 0.25) is 0 Å². The molecule has 0 amide bonds. The normalized spacial score (nSPS) is 18.5. The minimum atomic E-state index is -0.0725. The number of nitrogens with one attached hydrogen (secondary N) is 1. The largest absolute Gasteiger partial charge is 0.390 e. The molecule has 2 fully saturated rings. The molecule has 0 aromatic carbocycles. The first-order chi connectivity index (χ1) is 13.3. The van der Waals surface area contributed by atoms with Crippen LogP contribution >= 0.6 is 0 Å². The Morgan fingerprint density at radius 2 is 1.81 bits per heavy atom. The topological polar surface area (TPSA) is 79.7 Å². The summed E-state index contributed by atoms with van der Waals surface area (Å²) in [6, 6.07) is 6.02. The van der Waals surface area contributed by atoms with E-state index < -0.39 is 0 Å². The van der Waals surface area contributed by atoms with Gasteiger partial charge in [-0.25, -0.2) is 4.98 Å². The van der Waals surface area contributed by atoms with Crippen molar-refractivity contribution in [1.29, 1.82) is 0 Å². The molecule has 2 aliphatic heterocycles. The number of ether oxygens (including phenoxy) is 2. The molecule has 27 heavy (non-hydrogen) atoms. The van der Waals surface area contributed by atoms with Crippen LogP contribution in [0.4, 0.5) is 17.2 Å². The van der Waals surface area contributed by atoms with E-state index in [2.05, 4.69) is 20.2 Å². The smallest absolute Gasteiger partial charge is 0.128 e. The fourth-order valence-corrected chi connectivity index (χ4v) is 3.63. The lowest BCUT2D eigenvalue weighted by Crippen LogP contribution is -2.36. The van der Waals surface area contributed by atoms with E-state index in [1.165, 1.54) is 5.56 Å². The molecule has 0 spiro atoms. The maximum absolute atomic E-state index is 9.47. The number of hydrogen-bond donors (Lipinski definition) is 2. The van der Waals surface area contributed by atoms with Crippen molar-refractivity contribution >= 4 is 17.2 Å². The van der Waals surface area contributed by atoms with E-state index in [0.29, 0.717) is 11.6 Å². The Bertz CT molecular complexity index is 741. The molecule has 0 saturated carbocycles. The summed E-state index contributed by atoms with van der Waals surface area (Å²) in [5.41, 5.74) is 3.75. The molecule has 0 aliphatic carbocycles. The number of anilines is 3. The van der Waals surface area contributed by atoms with E-state index in [0.717, 1.165) is 69.6 Å². The van der Waals surface area contributed by atoms with Crippen LogP contribution < -0.4 is 10.2 Å². The average Bonchev–Trinajstić information content (AvgIpc) is 2.75. The molecule has 0 bridgehead atoms. The molecular weight excluding hydrogens is 344 g/mol. The summed E-state index contributed by atoms with van der Waals surface area (Å²) in [6.07, 6.45) is 5.73. The van der Waals surface area contributed by atoms with Crippen molar-refractivity contribution in [2.75, 3.05) is 49.7 Å². The van der Waals surface area contributed by atoms with E-state index >= 15 is 0 Å². The Balaban J connectivity index is 1.53. The van der Waals surface area contributed by atoms with Crippen molar-refractivity contribution < 1.29 is 14.6 Å². The van der Waals surface area contributed by atoms with Gasteiger partial charge < -0.3 is 24.8 Å². The lowest BCUT2D eigenvalue weighted by Gasteiger charge is -2.28. The fraction of sp³-hybridized carbons (Fsp3) is 0.500. The lowest BCUT2D eigenvalue weighted by atomic mass is 9.91. The Morgan fingerprint density at radius 3 is 2.52 bits per heavy atom. The highest BCUT2D eigenvalue weighted by Crippen LogP contribution is 2.33. The molecule has 2 aromatic heterocycles. The maximum atomic E-state index is 9.47. The van der Waals surface area contributed by atoms with Gasteiger partial charge in [-0.2, -0.15) is 0 Å². The van der Waals surface area contributed by atoms with Crippen LogP contribution in [-0.4, -0.2) is 54.6 Å². The monoisotopic (exact) mass is 370 g/mol. The van der Waals surface area contributed by atoms with E-state index in [1.807, 2.05) is 30.6 Å². The van der Waals surface area contributed by atoms with Crippen LogP contribution in [0, 0.1) is 0 Å². The van der Waals surface area contributed by atoms with Crippen LogP contribution in [0.25, 0.3) is 0 Å². The molecular formula is C20H26N4O3. The SMILES string of the molecule is OCc1cc(Nc2ccc(N3CCOCC3)nc2)c(C2CCOCC2)cn1. The third-order valence-corrected chi connectivity index (χ3v) is 5.18. The van der Waals surface area contributed by atoms with Crippen LogP contribution in [-0.2, 0) is 16.1 Å². The standard InChI is InChI=1S/C20H26N4O3/c25-14-17-11-19(18(13-21-17)15-3-7-26-8-4-15)23-16-1-2-20(22-12-16)24-5-9-27-10-6-24/h1-2,11-13,15,25H,3-10,14H2,(H,21,23). The number of aliphatic hydroxyl groups excluding tert-OH is 1. The third-order valence-electron chi connectivity index (χ3n) is 5.18. The highest BCUT2D eigenvalue weighted by atomic mass is 16.5. The van der Waals surface area contributed by atoms with Crippen molar-refractivity contribution in [3.8, 4) is 0 Å². The Kier molecular flexibility index (Phi) is 5.81. The van der Waals surface area contributed by atoms with Crippen molar-refractivity contribution in [2.45, 2.75) is 25.4 Å². The highest BCUT2D eigenvalue weighted by molar-refractivity contribution is 5.64. The number of hydrogen-bond acceptors (Lipinski definition) is 7. The van der Waals surface area contributed by atoms with Gasteiger partial charge >= 0.3 is 0 Å². The van der Waals surface area contributed by atoms with Gasteiger partial charge in [-0.15, -0.1) is 0 Å². The minimum absolute atomic E-state index is 0.0725. The van der Waals surface area contributed by atoms with Gasteiger partial charge in [0.1, 0.15) is 5.82 Å². The molecule has 0 unspecified atom stereocenters. The van der Waals surface area contributed by atoms with Gasteiger partial charge in [-0.3, -0.25) is 4.98 Å². The Labute approximate surface area is 159 Å². The van der Waals surface area contributed by atoms with Gasteiger partial charge in [0, 0.05) is 38.2 Å². The molecule has 4 rings (SSSR count). The predicted octanol–water partition coefficient (Wildman–Crippen LogP) is 2.44. The summed E-state index contributed by atoms with van der Waals surface area (Å²) < 4.78 is 10.9. The first kappa shape index (κ1) is 18.2. The summed E-state index contributed by atoms with van der Waals surface area (Å²) in [5, 5.41) is 12.9. The molecule has 4 heterocycles. The quantitative estimate of drug-likeness (QED) is 0.837. The number of aliphatic hydroxyl groups is 1. The zero-order chi connectivity index (χ0) is 18.5. The second-order valence-corrected chi connectivity index (χ2v) is 6.94. The third kappa shape index (κ3) is 4.37. The Hall–Kier alpha value is -2.22. The van der Waals surface area contributed by atoms with Crippen LogP contribution in [0.15, 0.2) is 30.6 Å². The second kappa shape index (κ2) is 8.65. The van der Waals surface area contributed by atoms with Gasteiger partial charge in [0.25, 0.3) is 0 Å². The summed E-state index contributed by atoms with van der Waals surface area (Å²) in [4.78, 5) is 11.2. The van der Waals surface area contributed by atoms with Gasteiger partial charge in [0.2, 0.25) is 0 Å². The zero-order valence-corrected chi connectivity index (χ0v) is 15.4. The summed E-state index contributed by atoms with van der Waals surface area (Å²) >= 11 is 0. The van der Waals surface area contributed by atoms with E-state index in [9.17, 15) is 5.11 Å². The summed E-state index contributed by atoms with van der Waals surface area (Å²) in [7, 11) is 0. The van der Waals surface area contributed by atoms with Crippen molar-refractivity contribution in [1.82, 2.24) is 9.97 Å². The first-order valence-electron chi connectivity index (χ1n) is 9.56. The van der Waals surface area contributed by atoms with Crippen molar-refractivity contribution in [2.24, 2.45) is 0 Å². The lowest BCUT2D eigenvalue weighted by molar-refractivity contribution is 0.0854. The highest BCUT2D eigenvalue weighted by Gasteiger charge is 2.20. The number of morpholine rings is 1. The molecule has 2 saturated heterocycles. The van der Waals surface area contributed by atoms with E-state index in [1.54, 1.807) is 0 Å². The van der Waals surface area contributed by atoms with E-state index in [-0.39, 0.29) is 6.61 Å². The van der Waals surface area contributed by atoms with Crippen molar-refractivity contribution in [3.05, 3.63) is 41.9 Å². The molecule has 7 nitrogen and oxygen atoms in total. The summed E-state index contributed by atoms with van der Waals surface area (Å²) in [5.74, 6) is 1.39. The van der Waals surface area contributed by atoms with Gasteiger partial charge in [-0.05, 0) is 42.5 Å². The number of nitrogens with zero attached hydrogens (tertiary/aromatic N) is 3. The van der Waals surface area contributed by atoms with Gasteiger partial charge in [0.15, 0.2) is 0 Å². The van der Waals surface area contributed by atoms with Crippen LogP contribution in [0.3, 0.4) is 0 Å². The average molecular weight is 370 g/mol. The zero-order valence-electron chi connectivity index (χ0n) is 15.4. The molecule has 144 valence electrons. The number of pyridine rings is 2. The molecule has 7 heteroatoms. The molecule has 0 atom stereocenters. The van der Waals surface area contributed by atoms with Crippen LogP contribution in [0.1, 0.15) is 30.0 Å². The fourth-order valence-electron chi connectivity index (χ4n) is 3.63. The molecule has 0 radical (unpaired) electrons. The predicted molar refractivity (Wildman–Crippen MR) is 104 cm³/mol. The molecule has 2 aliphatic rings. The molecule has 2 N–H and O–H groups in total. The van der Waals surface area contributed by atoms with E-state index in [4.69, 9.17) is 9.47 Å².